The molecule has 1 aromatic carbocycles. The highest BCUT2D eigenvalue weighted by Crippen LogP contribution is 2.19. The lowest BCUT2D eigenvalue weighted by molar-refractivity contribution is 0.696. The van der Waals surface area contributed by atoms with Crippen molar-refractivity contribution in [1.29, 1.82) is 0 Å². The third-order valence-electron chi connectivity index (χ3n) is 2.76. The molecule has 0 bridgehead atoms. The van der Waals surface area contributed by atoms with E-state index in [0.29, 0.717) is 0 Å². The van der Waals surface area contributed by atoms with Gasteiger partial charge in [0, 0.05) is 17.1 Å². The zero-order valence-corrected chi connectivity index (χ0v) is 10.7. The SMILES string of the molecule is CCSc1ccc(CC2=C(C)NNC2)cc1. The molecule has 2 rings (SSSR count). The van der Waals surface area contributed by atoms with E-state index in [0.717, 1.165) is 18.7 Å². The van der Waals surface area contributed by atoms with Crippen LogP contribution in [-0.2, 0) is 6.42 Å². The largest absolute Gasteiger partial charge is 0.326 e. The molecular weight excluding hydrogens is 216 g/mol. The van der Waals surface area contributed by atoms with Crippen LogP contribution in [0.5, 0.6) is 0 Å². The summed E-state index contributed by atoms with van der Waals surface area (Å²) in [5.74, 6) is 1.14. The van der Waals surface area contributed by atoms with Crippen LogP contribution in [-0.4, -0.2) is 12.3 Å². The van der Waals surface area contributed by atoms with Crippen LogP contribution in [0, 0.1) is 0 Å². The summed E-state index contributed by atoms with van der Waals surface area (Å²) < 4.78 is 0. The molecule has 0 aliphatic carbocycles. The predicted octanol–water partition coefficient (Wildman–Crippen LogP) is 2.72. The molecule has 1 aliphatic rings. The van der Waals surface area contributed by atoms with E-state index >= 15 is 0 Å². The lowest BCUT2D eigenvalue weighted by Crippen LogP contribution is -2.22. The first kappa shape index (κ1) is 11.6. The second-order valence-electron chi connectivity index (χ2n) is 3.96. The highest BCUT2D eigenvalue weighted by molar-refractivity contribution is 7.99. The molecule has 1 aliphatic heterocycles. The number of hydrazine groups is 1. The van der Waals surface area contributed by atoms with Crippen molar-refractivity contribution in [3.05, 3.63) is 41.1 Å². The Hall–Kier alpha value is -0.930. The number of benzene rings is 1. The second kappa shape index (κ2) is 5.41. The van der Waals surface area contributed by atoms with E-state index in [9.17, 15) is 0 Å². The molecule has 0 unspecified atom stereocenters. The first-order chi connectivity index (χ1) is 7.79. The molecule has 1 aromatic rings. The highest BCUT2D eigenvalue weighted by Gasteiger charge is 2.09. The molecule has 2 nitrogen and oxygen atoms in total. The summed E-state index contributed by atoms with van der Waals surface area (Å²) >= 11 is 1.89. The van der Waals surface area contributed by atoms with E-state index in [1.54, 1.807) is 0 Å². The van der Waals surface area contributed by atoms with E-state index in [1.165, 1.54) is 21.7 Å². The van der Waals surface area contributed by atoms with Gasteiger partial charge in [0.2, 0.25) is 0 Å². The Balaban J connectivity index is 2.02. The third kappa shape index (κ3) is 2.80. The molecule has 0 amide bonds. The lowest BCUT2D eigenvalue weighted by atomic mass is 10.0. The smallest absolute Gasteiger partial charge is 0.0381 e. The summed E-state index contributed by atoms with van der Waals surface area (Å²) in [5, 5.41) is 0. The zero-order chi connectivity index (χ0) is 11.4. The average Bonchev–Trinajstić information content (AvgIpc) is 2.68. The number of hydrogen-bond acceptors (Lipinski definition) is 3. The second-order valence-corrected chi connectivity index (χ2v) is 5.30. The molecule has 1 heterocycles. The van der Waals surface area contributed by atoms with Crippen LogP contribution >= 0.6 is 11.8 Å². The van der Waals surface area contributed by atoms with E-state index in [4.69, 9.17) is 0 Å². The Morgan fingerprint density at radius 2 is 2.00 bits per heavy atom. The molecule has 16 heavy (non-hydrogen) atoms. The summed E-state index contributed by atoms with van der Waals surface area (Å²) in [6.45, 7) is 5.26. The summed E-state index contributed by atoms with van der Waals surface area (Å²) in [6, 6.07) is 8.90. The van der Waals surface area contributed by atoms with Gasteiger partial charge in [-0.3, -0.25) is 0 Å². The first-order valence-electron chi connectivity index (χ1n) is 5.69. The number of hydrogen-bond donors (Lipinski definition) is 2. The minimum atomic E-state index is 0.956. The normalized spacial score (nSPS) is 15.4. The third-order valence-corrected chi connectivity index (χ3v) is 3.65. The quantitative estimate of drug-likeness (QED) is 0.783. The van der Waals surface area contributed by atoms with Gasteiger partial charge in [-0.2, -0.15) is 0 Å². The fraction of sp³-hybridized carbons (Fsp3) is 0.385. The maximum absolute atomic E-state index is 3.15. The first-order valence-corrected chi connectivity index (χ1v) is 6.67. The van der Waals surface area contributed by atoms with Gasteiger partial charge in [0.1, 0.15) is 0 Å². The molecule has 0 aromatic heterocycles. The molecular formula is C13H18N2S. The fourth-order valence-corrected chi connectivity index (χ4v) is 2.48. The van der Waals surface area contributed by atoms with E-state index in [-0.39, 0.29) is 0 Å². The van der Waals surface area contributed by atoms with Crippen molar-refractivity contribution in [3.63, 3.8) is 0 Å². The molecule has 0 atom stereocenters. The lowest BCUT2D eigenvalue weighted by Gasteiger charge is -2.04. The minimum absolute atomic E-state index is 0.956. The summed E-state index contributed by atoms with van der Waals surface area (Å²) in [4.78, 5) is 1.36. The molecule has 0 radical (unpaired) electrons. The van der Waals surface area contributed by atoms with Gasteiger partial charge in [0.05, 0.1) is 0 Å². The van der Waals surface area contributed by atoms with Gasteiger partial charge in [-0.15, -0.1) is 11.8 Å². The van der Waals surface area contributed by atoms with Crippen molar-refractivity contribution in [2.45, 2.75) is 25.2 Å². The van der Waals surface area contributed by atoms with Gasteiger partial charge in [-0.25, -0.2) is 5.43 Å². The minimum Gasteiger partial charge on any atom is -0.326 e. The molecule has 0 saturated heterocycles. The van der Waals surface area contributed by atoms with Gasteiger partial charge in [0.25, 0.3) is 0 Å². The number of nitrogens with one attached hydrogen (secondary N) is 2. The van der Waals surface area contributed by atoms with Crippen molar-refractivity contribution >= 4 is 11.8 Å². The van der Waals surface area contributed by atoms with Crippen LogP contribution in [0.15, 0.2) is 40.4 Å². The van der Waals surface area contributed by atoms with Gasteiger partial charge < -0.3 is 5.43 Å². The molecule has 0 spiro atoms. The molecule has 0 fully saturated rings. The van der Waals surface area contributed by atoms with Crippen LogP contribution in [0.3, 0.4) is 0 Å². The van der Waals surface area contributed by atoms with Crippen molar-refractivity contribution in [2.24, 2.45) is 0 Å². The van der Waals surface area contributed by atoms with Gasteiger partial charge in [-0.1, -0.05) is 19.1 Å². The van der Waals surface area contributed by atoms with Gasteiger partial charge >= 0.3 is 0 Å². The Morgan fingerprint density at radius 3 is 2.56 bits per heavy atom. The molecule has 3 heteroatoms. The fourth-order valence-electron chi connectivity index (χ4n) is 1.82. The maximum Gasteiger partial charge on any atom is 0.0381 e. The van der Waals surface area contributed by atoms with Crippen LogP contribution in [0.4, 0.5) is 0 Å². The number of allylic oxidation sites excluding steroid dienone is 1. The maximum atomic E-state index is 3.15. The van der Waals surface area contributed by atoms with Crippen LogP contribution in [0.25, 0.3) is 0 Å². The predicted molar refractivity (Wildman–Crippen MR) is 70.4 cm³/mol. The summed E-state index contributed by atoms with van der Waals surface area (Å²) in [7, 11) is 0. The molecule has 2 N–H and O–H groups in total. The molecule has 86 valence electrons. The van der Waals surface area contributed by atoms with Gasteiger partial charge in [0.15, 0.2) is 0 Å². The highest BCUT2D eigenvalue weighted by atomic mass is 32.2. The monoisotopic (exact) mass is 234 g/mol. The Morgan fingerprint density at radius 1 is 1.25 bits per heavy atom. The van der Waals surface area contributed by atoms with E-state index < -0.39 is 0 Å². The Kier molecular flexibility index (Phi) is 3.91. The number of thioether (sulfide) groups is 1. The Labute approximate surface area is 101 Å². The summed E-state index contributed by atoms with van der Waals surface area (Å²) in [5.41, 5.74) is 10.4. The van der Waals surface area contributed by atoms with Crippen molar-refractivity contribution in [3.8, 4) is 0 Å². The average molecular weight is 234 g/mol. The van der Waals surface area contributed by atoms with Crippen LogP contribution in [0.2, 0.25) is 0 Å². The van der Waals surface area contributed by atoms with E-state index in [2.05, 4.69) is 49.0 Å². The molecule has 0 saturated carbocycles. The zero-order valence-electron chi connectivity index (χ0n) is 9.84. The van der Waals surface area contributed by atoms with Crippen LogP contribution in [0.1, 0.15) is 19.4 Å². The Bertz CT molecular complexity index is 381. The van der Waals surface area contributed by atoms with Crippen molar-refractivity contribution in [1.82, 2.24) is 10.9 Å². The summed E-state index contributed by atoms with van der Waals surface area (Å²) in [6.07, 6.45) is 1.04. The van der Waals surface area contributed by atoms with Crippen LogP contribution < -0.4 is 10.9 Å². The standard InChI is InChI=1S/C13H18N2S/c1-3-16-13-6-4-11(5-7-13)8-12-9-14-15-10(12)2/h4-7,14-15H,3,8-9H2,1-2H3. The van der Waals surface area contributed by atoms with E-state index in [1.807, 2.05) is 11.8 Å². The van der Waals surface area contributed by atoms with Crippen molar-refractivity contribution < 1.29 is 0 Å². The number of rotatable bonds is 4. The topological polar surface area (TPSA) is 24.1 Å². The van der Waals surface area contributed by atoms with Gasteiger partial charge in [-0.05, 0) is 42.4 Å². The van der Waals surface area contributed by atoms with Crippen molar-refractivity contribution in [2.75, 3.05) is 12.3 Å².